The van der Waals surface area contributed by atoms with Gasteiger partial charge in [-0.3, -0.25) is 0 Å². The Hall–Kier alpha value is -0.560. The van der Waals surface area contributed by atoms with E-state index in [1.807, 2.05) is 0 Å². The summed E-state index contributed by atoms with van der Waals surface area (Å²) in [6.07, 6.45) is 16.0. The van der Waals surface area contributed by atoms with Crippen LogP contribution in [0.4, 0.5) is 0 Å². The molecule has 110 valence electrons. The predicted octanol–water partition coefficient (Wildman–Crippen LogP) is 4.48. The molecule has 0 amide bonds. The summed E-state index contributed by atoms with van der Waals surface area (Å²) < 4.78 is 0. The first kappa shape index (κ1) is 13.1. The number of rotatable bonds is 0. The molecule has 1 heteroatoms. The van der Waals surface area contributed by atoms with Crippen LogP contribution in [0.25, 0.3) is 0 Å². The maximum atomic E-state index is 10.5. The Kier molecular flexibility index (Phi) is 2.77. The molecule has 0 aromatic heterocycles. The highest BCUT2D eigenvalue weighted by atomic mass is 16.3. The molecule has 0 radical (unpaired) electrons. The number of hydrogen-bond acceptors (Lipinski definition) is 1. The molecule has 0 spiro atoms. The van der Waals surface area contributed by atoms with Crippen molar-refractivity contribution in [1.29, 1.82) is 0 Å². The van der Waals surface area contributed by atoms with Crippen molar-refractivity contribution in [1.82, 2.24) is 0 Å². The molecule has 4 aliphatic rings. The second kappa shape index (κ2) is 4.22. The molecule has 0 bridgehead atoms. The molecule has 4 rings (SSSR count). The van der Waals surface area contributed by atoms with Gasteiger partial charge in [-0.25, -0.2) is 0 Å². The zero-order valence-electron chi connectivity index (χ0n) is 12.9. The van der Waals surface area contributed by atoms with Crippen LogP contribution in [0.5, 0.6) is 0 Å². The van der Waals surface area contributed by atoms with Gasteiger partial charge in [0.15, 0.2) is 0 Å². The molecule has 3 saturated carbocycles. The van der Waals surface area contributed by atoms with Crippen molar-refractivity contribution < 1.29 is 5.11 Å². The van der Waals surface area contributed by atoms with Crippen LogP contribution in [0.1, 0.15) is 58.8 Å². The second-order valence-corrected chi connectivity index (χ2v) is 8.30. The summed E-state index contributed by atoms with van der Waals surface area (Å²) in [4.78, 5) is 0. The fourth-order valence-corrected chi connectivity index (χ4v) is 6.30. The van der Waals surface area contributed by atoms with Gasteiger partial charge < -0.3 is 5.11 Å². The average molecular weight is 272 g/mol. The van der Waals surface area contributed by atoms with Crippen molar-refractivity contribution in [2.24, 2.45) is 28.6 Å². The molecular weight excluding hydrogens is 244 g/mol. The van der Waals surface area contributed by atoms with Crippen LogP contribution < -0.4 is 0 Å². The average Bonchev–Trinajstić information content (AvgIpc) is 2.80. The van der Waals surface area contributed by atoms with Gasteiger partial charge in [-0.1, -0.05) is 44.1 Å². The summed E-state index contributed by atoms with van der Waals surface area (Å²) >= 11 is 0. The van der Waals surface area contributed by atoms with Crippen molar-refractivity contribution in [2.75, 3.05) is 0 Å². The lowest BCUT2D eigenvalue weighted by atomic mass is 9.46. The molecule has 3 fully saturated rings. The lowest BCUT2D eigenvalue weighted by Gasteiger charge is -2.59. The van der Waals surface area contributed by atoms with Gasteiger partial charge in [0.25, 0.3) is 0 Å². The van der Waals surface area contributed by atoms with Crippen LogP contribution in [0, 0.1) is 28.6 Å². The van der Waals surface area contributed by atoms with Crippen LogP contribution in [0.3, 0.4) is 0 Å². The quantitative estimate of drug-likeness (QED) is 0.689. The second-order valence-electron chi connectivity index (χ2n) is 8.30. The van der Waals surface area contributed by atoms with E-state index in [1.54, 1.807) is 5.57 Å². The van der Waals surface area contributed by atoms with Gasteiger partial charge in [0.1, 0.15) is 0 Å². The third-order valence-corrected chi connectivity index (χ3v) is 7.42. The Balaban J connectivity index is 1.69. The topological polar surface area (TPSA) is 20.2 Å². The lowest BCUT2D eigenvalue weighted by Crippen LogP contribution is -2.53. The van der Waals surface area contributed by atoms with Gasteiger partial charge >= 0.3 is 0 Å². The van der Waals surface area contributed by atoms with E-state index in [4.69, 9.17) is 0 Å². The van der Waals surface area contributed by atoms with E-state index in [2.05, 4.69) is 32.1 Å². The Morgan fingerprint density at radius 2 is 1.90 bits per heavy atom. The molecule has 0 aliphatic heterocycles. The van der Waals surface area contributed by atoms with E-state index in [0.29, 0.717) is 16.7 Å². The lowest BCUT2D eigenvalue weighted by molar-refractivity contribution is -0.105. The maximum absolute atomic E-state index is 10.5. The molecular formula is C19H28O. The van der Waals surface area contributed by atoms with Crippen LogP contribution in [-0.4, -0.2) is 11.2 Å². The largest absolute Gasteiger partial charge is 0.393 e. The highest BCUT2D eigenvalue weighted by Gasteiger charge is 2.55. The monoisotopic (exact) mass is 272 g/mol. The minimum Gasteiger partial charge on any atom is -0.393 e. The molecule has 0 heterocycles. The standard InChI is InChI=1S/C19H28O/c1-18-10-3-5-14(18)13-7-8-16-17(20)6-4-11-19(16,2)15(13)9-12-18/h3,5,10,13,15-17,20H,4,6-9,11-12H2,1-2H3/t13-,15-,16?,17?,18-,19+/m0/s1. The van der Waals surface area contributed by atoms with Gasteiger partial charge in [0.05, 0.1) is 6.10 Å². The van der Waals surface area contributed by atoms with Gasteiger partial charge in [0.2, 0.25) is 0 Å². The van der Waals surface area contributed by atoms with E-state index in [9.17, 15) is 5.11 Å². The SMILES string of the molecule is C[C@@]12C=CC=C1[C@@H]1CCC3C(O)CCC[C@]3(C)[C@H]1CC2. The molecule has 20 heavy (non-hydrogen) atoms. The summed E-state index contributed by atoms with van der Waals surface area (Å²) in [7, 11) is 0. The summed E-state index contributed by atoms with van der Waals surface area (Å²) in [5.74, 6) is 2.17. The first-order valence-corrected chi connectivity index (χ1v) is 8.63. The Labute approximate surface area is 123 Å². The zero-order chi connectivity index (χ0) is 14.0. The van der Waals surface area contributed by atoms with Crippen LogP contribution in [-0.2, 0) is 0 Å². The molecule has 2 unspecified atom stereocenters. The smallest absolute Gasteiger partial charge is 0.0573 e. The molecule has 1 nitrogen and oxygen atoms in total. The summed E-state index contributed by atoms with van der Waals surface area (Å²) in [5, 5.41) is 10.5. The molecule has 4 aliphatic carbocycles. The number of aliphatic hydroxyl groups is 1. The number of allylic oxidation sites excluding steroid dienone is 4. The highest BCUT2D eigenvalue weighted by molar-refractivity contribution is 5.37. The van der Waals surface area contributed by atoms with E-state index >= 15 is 0 Å². The van der Waals surface area contributed by atoms with Crippen LogP contribution in [0.2, 0.25) is 0 Å². The van der Waals surface area contributed by atoms with Gasteiger partial charge in [-0.2, -0.15) is 0 Å². The number of hydrogen-bond donors (Lipinski definition) is 1. The third kappa shape index (κ3) is 1.59. The van der Waals surface area contributed by atoms with Crippen molar-refractivity contribution in [2.45, 2.75) is 64.9 Å². The summed E-state index contributed by atoms with van der Waals surface area (Å²) in [5.41, 5.74) is 2.47. The first-order chi connectivity index (χ1) is 9.55. The van der Waals surface area contributed by atoms with Crippen molar-refractivity contribution in [3.63, 3.8) is 0 Å². The molecule has 1 N–H and O–H groups in total. The Morgan fingerprint density at radius 3 is 2.75 bits per heavy atom. The van der Waals surface area contributed by atoms with Crippen LogP contribution in [0.15, 0.2) is 23.8 Å². The third-order valence-electron chi connectivity index (χ3n) is 7.42. The molecule has 0 aromatic rings. The summed E-state index contributed by atoms with van der Waals surface area (Å²) in [6, 6.07) is 0. The highest BCUT2D eigenvalue weighted by Crippen LogP contribution is 2.63. The predicted molar refractivity (Wildman–Crippen MR) is 82.2 cm³/mol. The van der Waals surface area contributed by atoms with Gasteiger partial charge in [0, 0.05) is 5.41 Å². The van der Waals surface area contributed by atoms with Crippen molar-refractivity contribution in [3.8, 4) is 0 Å². The van der Waals surface area contributed by atoms with E-state index in [1.165, 1.54) is 38.5 Å². The van der Waals surface area contributed by atoms with E-state index < -0.39 is 0 Å². The van der Waals surface area contributed by atoms with Gasteiger partial charge in [-0.15, -0.1) is 0 Å². The van der Waals surface area contributed by atoms with E-state index in [0.717, 1.165) is 18.3 Å². The molecule has 0 aromatic carbocycles. The number of fused-ring (bicyclic) bond motifs is 5. The Bertz CT molecular complexity index is 476. The van der Waals surface area contributed by atoms with Crippen molar-refractivity contribution in [3.05, 3.63) is 23.8 Å². The Morgan fingerprint density at radius 1 is 1.05 bits per heavy atom. The fourth-order valence-electron chi connectivity index (χ4n) is 6.30. The minimum atomic E-state index is -0.0290. The number of aliphatic hydroxyl groups excluding tert-OH is 1. The fraction of sp³-hybridized carbons (Fsp3) is 0.789. The minimum absolute atomic E-state index is 0.0290. The van der Waals surface area contributed by atoms with Gasteiger partial charge in [-0.05, 0) is 61.7 Å². The summed E-state index contributed by atoms with van der Waals surface area (Å²) in [6.45, 7) is 4.94. The zero-order valence-corrected chi connectivity index (χ0v) is 12.9. The van der Waals surface area contributed by atoms with Crippen LogP contribution >= 0.6 is 0 Å². The molecule has 0 saturated heterocycles. The maximum Gasteiger partial charge on any atom is 0.0573 e. The van der Waals surface area contributed by atoms with Crippen molar-refractivity contribution >= 4 is 0 Å². The first-order valence-electron chi connectivity index (χ1n) is 8.63. The van der Waals surface area contributed by atoms with E-state index in [-0.39, 0.29) is 6.10 Å². The molecule has 6 atom stereocenters. The normalized spacial score (nSPS) is 53.9.